The molecule has 0 aliphatic heterocycles. The molecule has 1 unspecified atom stereocenters. The fourth-order valence-corrected chi connectivity index (χ4v) is 2.93. The highest BCUT2D eigenvalue weighted by molar-refractivity contribution is 7.12. The standard InChI is InChI=1S/C14H25NS/c1-6-10-15-11(7-2)12-8-9-13(16-12)14(3,4)5/h8-9,11,15H,6-7,10H2,1-5H3. The van der Waals surface area contributed by atoms with Gasteiger partial charge >= 0.3 is 0 Å². The predicted molar refractivity (Wildman–Crippen MR) is 74.3 cm³/mol. The molecule has 1 atom stereocenters. The number of nitrogens with one attached hydrogen (secondary N) is 1. The van der Waals surface area contributed by atoms with Crippen molar-refractivity contribution in [3.05, 3.63) is 21.9 Å². The number of hydrogen-bond acceptors (Lipinski definition) is 2. The lowest BCUT2D eigenvalue weighted by atomic mass is 9.95. The molecular weight excluding hydrogens is 214 g/mol. The van der Waals surface area contributed by atoms with Crippen molar-refractivity contribution in [2.75, 3.05) is 6.54 Å². The van der Waals surface area contributed by atoms with Crippen LogP contribution in [0.1, 0.15) is 63.3 Å². The highest BCUT2D eigenvalue weighted by Gasteiger charge is 2.18. The average molecular weight is 239 g/mol. The molecule has 1 heterocycles. The molecule has 0 radical (unpaired) electrons. The van der Waals surface area contributed by atoms with E-state index in [9.17, 15) is 0 Å². The summed E-state index contributed by atoms with van der Waals surface area (Å²) in [5, 5.41) is 3.61. The molecule has 1 N–H and O–H groups in total. The van der Waals surface area contributed by atoms with Crippen molar-refractivity contribution in [1.82, 2.24) is 5.32 Å². The molecule has 92 valence electrons. The van der Waals surface area contributed by atoms with Gasteiger partial charge in [-0.25, -0.2) is 0 Å². The maximum atomic E-state index is 3.61. The molecule has 0 amide bonds. The highest BCUT2D eigenvalue weighted by atomic mass is 32.1. The Labute approximate surface area is 104 Å². The zero-order valence-electron chi connectivity index (χ0n) is 11.3. The summed E-state index contributed by atoms with van der Waals surface area (Å²) in [6.07, 6.45) is 2.37. The molecule has 0 aromatic carbocycles. The minimum Gasteiger partial charge on any atom is -0.309 e. The van der Waals surface area contributed by atoms with Gasteiger partial charge in [0.1, 0.15) is 0 Å². The third kappa shape index (κ3) is 3.60. The first-order valence-corrected chi connectivity index (χ1v) is 7.14. The van der Waals surface area contributed by atoms with Gasteiger partial charge in [-0.3, -0.25) is 0 Å². The van der Waals surface area contributed by atoms with Gasteiger partial charge in [0.15, 0.2) is 0 Å². The molecule has 1 rings (SSSR count). The normalized spacial score (nSPS) is 14.1. The van der Waals surface area contributed by atoms with Crippen LogP contribution in [0.2, 0.25) is 0 Å². The van der Waals surface area contributed by atoms with Crippen LogP contribution in [-0.4, -0.2) is 6.54 Å². The van der Waals surface area contributed by atoms with Crippen molar-refractivity contribution >= 4 is 11.3 Å². The maximum absolute atomic E-state index is 3.61. The Bertz CT molecular complexity index is 309. The van der Waals surface area contributed by atoms with Crippen LogP contribution >= 0.6 is 11.3 Å². The number of rotatable bonds is 5. The van der Waals surface area contributed by atoms with Gasteiger partial charge in [0, 0.05) is 15.8 Å². The Kier molecular flexibility index (Phi) is 5.00. The first-order chi connectivity index (χ1) is 7.49. The zero-order chi connectivity index (χ0) is 12.2. The van der Waals surface area contributed by atoms with E-state index in [0.717, 1.165) is 6.54 Å². The van der Waals surface area contributed by atoms with Crippen molar-refractivity contribution in [3.63, 3.8) is 0 Å². The van der Waals surface area contributed by atoms with E-state index in [0.29, 0.717) is 6.04 Å². The second-order valence-electron chi connectivity index (χ2n) is 5.37. The molecule has 0 saturated heterocycles. The molecule has 16 heavy (non-hydrogen) atoms. The zero-order valence-corrected chi connectivity index (χ0v) is 12.1. The molecule has 0 saturated carbocycles. The topological polar surface area (TPSA) is 12.0 Å². The Morgan fingerprint density at radius 1 is 1.25 bits per heavy atom. The third-order valence-corrected chi connectivity index (χ3v) is 4.38. The van der Waals surface area contributed by atoms with E-state index in [1.165, 1.54) is 22.6 Å². The van der Waals surface area contributed by atoms with E-state index in [1.54, 1.807) is 0 Å². The summed E-state index contributed by atoms with van der Waals surface area (Å²) in [6.45, 7) is 12.4. The largest absolute Gasteiger partial charge is 0.309 e. The molecule has 1 aromatic rings. The molecule has 0 bridgehead atoms. The van der Waals surface area contributed by atoms with Gasteiger partial charge in [-0.15, -0.1) is 11.3 Å². The molecule has 1 nitrogen and oxygen atoms in total. The molecular formula is C14H25NS. The fraction of sp³-hybridized carbons (Fsp3) is 0.714. The molecule has 0 aliphatic carbocycles. The molecule has 0 aliphatic rings. The first-order valence-electron chi connectivity index (χ1n) is 6.32. The summed E-state index contributed by atoms with van der Waals surface area (Å²) < 4.78 is 0. The molecule has 1 aromatic heterocycles. The van der Waals surface area contributed by atoms with E-state index in [-0.39, 0.29) is 5.41 Å². The fourth-order valence-electron chi connectivity index (χ4n) is 1.71. The quantitative estimate of drug-likeness (QED) is 0.798. The van der Waals surface area contributed by atoms with Gasteiger partial charge in [0.25, 0.3) is 0 Å². The van der Waals surface area contributed by atoms with Crippen LogP contribution in [-0.2, 0) is 5.41 Å². The van der Waals surface area contributed by atoms with Crippen LogP contribution in [0.3, 0.4) is 0 Å². The molecule has 0 fully saturated rings. The lowest BCUT2D eigenvalue weighted by molar-refractivity contribution is 0.525. The smallest absolute Gasteiger partial charge is 0.0412 e. The summed E-state index contributed by atoms with van der Waals surface area (Å²) in [6, 6.07) is 5.12. The predicted octanol–water partition coefficient (Wildman–Crippen LogP) is 4.50. The molecule has 0 spiro atoms. The van der Waals surface area contributed by atoms with Gasteiger partial charge in [-0.1, -0.05) is 34.6 Å². The first kappa shape index (κ1) is 13.7. The summed E-state index contributed by atoms with van der Waals surface area (Å²) in [5.74, 6) is 0. The van der Waals surface area contributed by atoms with Gasteiger partial charge < -0.3 is 5.32 Å². The van der Waals surface area contributed by atoms with E-state index in [4.69, 9.17) is 0 Å². The Morgan fingerprint density at radius 3 is 2.38 bits per heavy atom. The van der Waals surface area contributed by atoms with Crippen molar-refractivity contribution in [2.45, 2.75) is 58.9 Å². The minimum absolute atomic E-state index is 0.284. The lowest BCUT2D eigenvalue weighted by Crippen LogP contribution is -2.20. The Hall–Kier alpha value is -0.340. The number of hydrogen-bond donors (Lipinski definition) is 1. The van der Waals surface area contributed by atoms with Crippen molar-refractivity contribution in [3.8, 4) is 0 Å². The van der Waals surface area contributed by atoms with Gasteiger partial charge in [0.05, 0.1) is 0 Å². The van der Waals surface area contributed by atoms with E-state index in [2.05, 4.69) is 52.1 Å². The maximum Gasteiger partial charge on any atom is 0.0412 e. The molecule has 2 heteroatoms. The van der Waals surface area contributed by atoms with Crippen LogP contribution in [0.5, 0.6) is 0 Å². The van der Waals surface area contributed by atoms with E-state index >= 15 is 0 Å². The van der Waals surface area contributed by atoms with Crippen molar-refractivity contribution in [1.29, 1.82) is 0 Å². The Balaban J connectivity index is 2.75. The highest BCUT2D eigenvalue weighted by Crippen LogP contribution is 2.33. The summed E-state index contributed by atoms with van der Waals surface area (Å²) >= 11 is 1.96. The van der Waals surface area contributed by atoms with Crippen LogP contribution < -0.4 is 5.32 Å². The van der Waals surface area contributed by atoms with Gasteiger partial charge in [0.2, 0.25) is 0 Å². The van der Waals surface area contributed by atoms with Crippen molar-refractivity contribution < 1.29 is 0 Å². The van der Waals surface area contributed by atoms with E-state index in [1.807, 2.05) is 11.3 Å². The van der Waals surface area contributed by atoms with Gasteiger partial charge in [-0.2, -0.15) is 0 Å². The third-order valence-electron chi connectivity index (χ3n) is 2.76. The van der Waals surface area contributed by atoms with E-state index < -0.39 is 0 Å². The van der Waals surface area contributed by atoms with Crippen LogP contribution in [0.4, 0.5) is 0 Å². The van der Waals surface area contributed by atoms with Crippen LogP contribution in [0.25, 0.3) is 0 Å². The minimum atomic E-state index is 0.284. The van der Waals surface area contributed by atoms with Crippen LogP contribution in [0, 0.1) is 0 Å². The second-order valence-corrected chi connectivity index (χ2v) is 6.48. The lowest BCUT2D eigenvalue weighted by Gasteiger charge is -2.17. The number of thiophene rings is 1. The van der Waals surface area contributed by atoms with Crippen molar-refractivity contribution in [2.24, 2.45) is 0 Å². The van der Waals surface area contributed by atoms with Crippen LogP contribution in [0.15, 0.2) is 12.1 Å². The second kappa shape index (κ2) is 5.83. The summed E-state index contributed by atoms with van der Waals surface area (Å²) in [4.78, 5) is 2.97. The van der Waals surface area contributed by atoms with Gasteiger partial charge in [-0.05, 0) is 36.9 Å². The summed E-state index contributed by atoms with van der Waals surface area (Å²) in [5.41, 5.74) is 0.284. The summed E-state index contributed by atoms with van der Waals surface area (Å²) in [7, 11) is 0. The SMILES string of the molecule is CCCNC(CC)c1ccc(C(C)(C)C)s1. The Morgan fingerprint density at radius 2 is 1.94 bits per heavy atom. The average Bonchev–Trinajstić information content (AvgIpc) is 2.68. The monoisotopic (exact) mass is 239 g/mol.